The van der Waals surface area contributed by atoms with Crippen LogP contribution in [-0.4, -0.2) is 57.1 Å². The number of carbonyl (C=O) groups is 1. The molecule has 31 heavy (non-hydrogen) atoms. The fourth-order valence-electron chi connectivity index (χ4n) is 3.81. The molecule has 0 bridgehead atoms. The predicted octanol–water partition coefficient (Wildman–Crippen LogP) is 3.28. The maximum absolute atomic E-state index is 12.4. The smallest absolute Gasteiger partial charge is 0.223 e. The van der Waals surface area contributed by atoms with Crippen LogP contribution in [0.5, 0.6) is 0 Å². The first-order chi connectivity index (χ1) is 15.1. The second-order valence-corrected chi connectivity index (χ2v) is 8.20. The Labute approximate surface area is 189 Å². The van der Waals surface area contributed by atoms with Crippen molar-refractivity contribution in [2.45, 2.75) is 18.9 Å². The van der Waals surface area contributed by atoms with Crippen molar-refractivity contribution in [3.63, 3.8) is 0 Å². The standard InChI is InChI=1S/C24H31ClN4O2/c1-26-24(28-16-22(31-2)20-9-6-10-21(25)14-20)27-15-19-13-23(30)29(17-19)12-11-18-7-4-3-5-8-18/h3-10,14,19,22H,11-13,15-17H2,1-2H3,(H2,26,27,28). The fourth-order valence-corrected chi connectivity index (χ4v) is 4.01. The third-order valence-corrected chi connectivity index (χ3v) is 5.78. The Morgan fingerprint density at radius 3 is 2.74 bits per heavy atom. The van der Waals surface area contributed by atoms with Gasteiger partial charge in [0.2, 0.25) is 5.91 Å². The number of guanidine groups is 1. The number of rotatable bonds is 9. The molecule has 166 valence electrons. The van der Waals surface area contributed by atoms with Gasteiger partial charge in [-0.15, -0.1) is 0 Å². The lowest BCUT2D eigenvalue weighted by Crippen LogP contribution is -2.42. The molecule has 2 N–H and O–H groups in total. The van der Waals surface area contributed by atoms with Crippen LogP contribution in [0.3, 0.4) is 0 Å². The van der Waals surface area contributed by atoms with E-state index in [0.29, 0.717) is 30.5 Å². The predicted molar refractivity (Wildman–Crippen MR) is 125 cm³/mol. The Morgan fingerprint density at radius 1 is 1.23 bits per heavy atom. The van der Waals surface area contributed by atoms with E-state index in [9.17, 15) is 4.79 Å². The van der Waals surface area contributed by atoms with Gasteiger partial charge in [0.1, 0.15) is 0 Å². The minimum atomic E-state index is -0.140. The minimum absolute atomic E-state index is 0.140. The number of hydrogen-bond acceptors (Lipinski definition) is 3. The van der Waals surface area contributed by atoms with Crippen molar-refractivity contribution >= 4 is 23.5 Å². The molecule has 6 nitrogen and oxygen atoms in total. The highest BCUT2D eigenvalue weighted by molar-refractivity contribution is 6.30. The molecule has 1 amide bonds. The topological polar surface area (TPSA) is 66.0 Å². The SMILES string of the molecule is CN=C(NCC1CC(=O)N(CCc2ccccc2)C1)NCC(OC)c1cccc(Cl)c1. The molecule has 0 aliphatic carbocycles. The van der Waals surface area contributed by atoms with Gasteiger partial charge in [-0.3, -0.25) is 9.79 Å². The first-order valence-corrected chi connectivity index (χ1v) is 11.0. The number of carbonyl (C=O) groups excluding carboxylic acids is 1. The number of amides is 1. The summed E-state index contributed by atoms with van der Waals surface area (Å²) < 4.78 is 5.60. The summed E-state index contributed by atoms with van der Waals surface area (Å²) in [6.45, 7) is 2.80. The Kier molecular flexibility index (Phi) is 8.74. The average molecular weight is 443 g/mol. The third kappa shape index (κ3) is 6.97. The van der Waals surface area contributed by atoms with Gasteiger partial charge in [-0.1, -0.05) is 54.1 Å². The lowest BCUT2D eigenvalue weighted by atomic mass is 10.1. The van der Waals surface area contributed by atoms with Crippen LogP contribution < -0.4 is 10.6 Å². The molecular weight excluding hydrogens is 412 g/mol. The van der Waals surface area contributed by atoms with E-state index in [0.717, 1.165) is 25.1 Å². The lowest BCUT2D eigenvalue weighted by Gasteiger charge is -2.20. The molecule has 1 heterocycles. The van der Waals surface area contributed by atoms with Gasteiger partial charge in [-0.25, -0.2) is 0 Å². The van der Waals surface area contributed by atoms with Gasteiger partial charge >= 0.3 is 0 Å². The first-order valence-electron chi connectivity index (χ1n) is 10.6. The summed E-state index contributed by atoms with van der Waals surface area (Å²) in [5.41, 5.74) is 2.27. The number of halogens is 1. The zero-order valence-corrected chi connectivity index (χ0v) is 18.9. The van der Waals surface area contributed by atoms with E-state index in [1.54, 1.807) is 14.2 Å². The van der Waals surface area contributed by atoms with Crippen molar-refractivity contribution in [3.8, 4) is 0 Å². The summed E-state index contributed by atoms with van der Waals surface area (Å²) >= 11 is 6.10. The van der Waals surface area contributed by atoms with E-state index in [1.807, 2.05) is 47.4 Å². The van der Waals surface area contributed by atoms with Crippen LogP contribution >= 0.6 is 11.6 Å². The van der Waals surface area contributed by atoms with Gasteiger partial charge in [0.05, 0.1) is 6.10 Å². The van der Waals surface area contributed by atoms with Crippen LogP contribution in [0.15, 0.2) is 59.6 Å². The highest BCUT2D eigenvalue weighted by Gasteiger charge is 2.29. The molecule has 2 aromatic rings. The van der Waals surface area contributed by atoms with E-state index < -0.39 is 0 Å². The second-order valence-electron chi connectivity index (χ2n) is 7.76. The van der Waals surface area contributed by atoms with Crippen LogP contribution in [0.2, 0.25) is 5.02 Å². The van der Waals surface area contributed by atoms with Crippen LogP contribution in [0.1, 0.15) is 23.7 Å². The maximum atomic E-state index is 12.4. The van der Waals surface area contributed by atoms with Crippen molar-refractivity contribution in [1.29, 1.82) is 0 Å². The highest BCUT2D eigenvalue weighted by Crippen LogP contribution is 2.20. The average Bonchev–Trinajstić information content (AvgIpc) is 3.15. The summed E-state index contributed by atoms with van der Waals surface area (Å²) in [5, 5.41) is 7.34. The van der Waals surface area contributed by atoms with Gasteiger partial charge in [-0.05, 0) is 29.7 Å². The molecular formula is C24H31ClN4O2. The van der Waals surface area contributed by atoms with E-state index in [1.165, 1.54) is 5.56 Å². The lowest BCUT2D eigenvalue weighted by molar-refractivity contribution is -0.127. The monoisotopic (exact) mass is 442 g/mol. The van der Waals surface area contributed by atoms with Gasteiger partial charge < -0.3 is 20.3 Å². The number of likely N-dealkylation sites (tertiary alicyclic amines) is 1. The van der Waals surface area contributed by atoms with Crippen molar-refractivity contribution < 1.29 is 9.53 Å². The maximum Gasteiger partial charge on any atom is 0.223 e. The fraction of sp³-hybridized carbons (Fsp3) is 0.417. The summed E-state index contributed by atoms with van der Waals surface area (Å²) in [6, 6.07) is 17.9. The van der Waals surface area contributed by atoms with Crippen LogP contribution in [0.4, 0.5) is 0 Å². The molecule has 0 aromatic heterocycles. The molecule has 2 atom stereocenters. The number of ether oxygens (including phenoxy) is 1. The summed E-state index contributed by atoms with van der Waals surface area (Å²) in [6.07, 6.45) is 1.32. The van der Waals surface area contributed by atoms with Crippen LogP contribution in [0, 0.1) is 5.92 Å². The van der Waals surface area contributed by atoms with Gasteiger partial charge in [0, 0.05) is 57.7 Å². The molecule has 1 aliphatic heterocycles. The molecule has 3 rings (SSSR count). The van der Waals surface area contributed by atoms with E-state index in [2.05, 4.69) is 27.8 Å². The minimum Gasteiger partial charge on any atom is -0.375 e. The molecule has 1 fully saturated rings. The number of methoxy groups -OCH3 is 1. The van der Waals surface area contributed by atoms with Crippen LogP contribution in [0.25, 0.3) is 0 Å². The Balaban J connectivity index is 1.43. The molecule has 7 heteroatoms. The normalized spacial score (nSPS) is 17.6. The van der Waals surface area contributed by atoms with E-state index in [4.69, 9.17) is 16.3 Å². The Hall–Kier alpha value is -2.57. The molecule has 0 radical (unpaired) electrons. The number of nitrogens with one attached hydrogen (secondary N) is 2. The van der Waals surface area contributed by atoms with Crippen molar-refractivity contribution in [2.24, 2.45) is 10.9 Å². The highest BCUT2D eigenvalue weighted by atomic mass is 35.5. The molecule has 0 saturated carbocycles. The third-order valence-electron chi connectivity index (χ3n) is 5.55. The number of benzene rings is 2. The number of aliphatic imine (C=N–C) groups is 1. The first kappa shape index (κ1) is 23.1. The molecule has 2 aromatic carbocycles. The summed E-state index contributed by atoms with van der Waals surface area (Å²) in [5.74, 6) is 1.19. The van der Waals surface area contributed by atoms with E-state index >= 15 is 0 Å². The van der Waals surface area contributed by atoms with Crippen LogP contribution in [-0.2, 0) is 16.0 Å². The van der Waals surface area contributed by atoms with Gasteiger partial charge in [0.15, 0.2) is 5.96 Å². The van der Waals surface area contributed by atoms with Crippen molar-refractivity contribution in [2.75, 3.05) is 40.3 Å². The summed E-state index contributed by atoms with van der Waals surface area (Å²) in [4.78, 5) is 18.6. The van der Waals surface area contributed by atoms with Gasteiger partial charge in [0.25, 0.3) is 0 Å². The number of nitrogens with zero attached hydrogens (tertiary/aromatic N) is 2. The quantitative estimate of drug-likeness (QED) is 0.462. The molecule has 0 spiro atoms. The largest absolute Gasteiger partial charge is 0.375 e. The molecule has 1 saturated heterocycles. The Bertz CT molecular complexity index is 875. The summed E-state index contributed by atoms with van der Waals surface area (Å²) in [7, 11) is 3.42. The van der Waals surface area contributed by atoms with Gasteiger partial charge in [-0.2, -0.15) is 0 Å². The zero-order valence-electron chi connectivity index (χ0n) is 18.2. The molecule has 1 aliphatic rings. The van der Waals surface area contributed by atoms with E-state index in [-0.39, 0.29) is 17.9 Å². The second kappa shape index (κ2) is 11.7. The zero-order chi connectivity index (χ0) is 22.1. The Morgan fingerprint density at radius 2 is 2.03 bits per heavy atom. The molecule has 2 unspecified atom stereocenters. The number of hydrogen-bond donors (Lipinski definition) is 2. The van der Waals surface area contributed by atoms with Crippen molar-refractivity contribution in [3.05, 3.63) is 70.7 Å². The van der Waals surface area contributed by atoms with Crippen molar-refractivity contribution in [1.82, 2.24) is 15.5 Å².